The van der Waals surface area contributed by atoms with E-state index in [-0.39, 0.29) is 23.4 Å². The van der Waals surface area contributed by atoms with Gasteiger partial charge in [-0.2, -0.15) is 0 Å². The number of hydrogen-bond donors (Lipinski definition) is 0. The summed E-state index contributed by atoms with van der Waals surface area (Å²) in [5, 5.41) is 0. The van der Waals surface area contributed by atoms with Crippen LogP contribution in [0.5, 0.6) is 5.75 Å². The van der Waals surface area contributed by atoms with Gasteiger partial charge in [-0.1, -0.05) is 13.0 Å². The maximum Gasteiger partial charge on any atom is 0.302 e. The number of fused-ring (bicyclic) bond motifs is 5. The van der Waals surface area contributed by atoms with Crippen LogP contribution in [0.4, 0.5) is 0 Å². The van der Waals surface area contributed by atoms with Crippen molar-refractivity contribution < 1.29 is 17.0 Å². The van der Waals surface area contributed by atoms with Crippen molar-refractivity contribution in [3.63, 3.8) is 0 Å². The Morgan fingerprint density at radius 2 is 2.24 bits per heavy atom. The molecule has 0 aromatic heterocycles. The van der Waals surface area contributed by atoms with E-state index in [1.165, 1.54) is 6.92 Å². The molecule has 4 rings (SSSR count). The molecule has 0 spiro atoms. The average Bonchev–Trinajstić information content (AvgIpc) is 2.99. The number of ether oxygens (including phenoxy) is 2. The molecular formula is C22H30O3. The van der Waals surface area contributed by atoms with Crippen LogP contribution < -0.4 is 4.74 Å². The number of carbonyl (C=O) groups is 1. The zero-order valence-electron chi connectivity index (χ0n) is 17.5. The van der Waals surface area contributed by atoms with Gasteiger partial charge in [0.1, 0.15) is 11.9 Å². The molecule has 0 bridgehead atoms. The molecule has 2 saturated carbocycles. The third kappa shape index (κ3) is 2.58. The summed E-state index contributed by atoms with van der Waals surface area (Å²) in [6.07, 6.45) is 4.66. The van der Waals surface area contributed by atoms with Crippen LogP contribution in [-0.2, 0) is 16.0 Å². The summed E-state index contributed by atoms with van der Waals surface area (Å²) in [6, 6.07) is 6.00. The minimum Gasteiger partial charge on any atom is -0.497 e. The van der Waals surface area contributed by atoms with Crippen LogP contribution in [0.15, 0.2) is 18.2 Å². The number of methoxy groups -OCH3 is 1. The zero-order chi connectivity index (χ0) is 19.4. The van der Waals surface area contributed by atoms with Gasteiger partial charge in [0.2, 0.25) is 0 Å². The van der Waals surface area contributed by atoms with E-state index < -0.39 is 12.3 Å². The van der Waals surface area contributed by atoms with E-state index in [1.54, 1.807) is 7.11 Å². The number of hydrogen-bond acceptors (Lipinski definition) is 3. The Hall–Kier alpha value is -1.51. The van der Waals surface area contributed by atoms with Crippen LogP contribution in [0.2, 0.25) is 0 Å². The lowest BCUT2D eigenvalue weighted by atomic mass is 9.54. The van der Waals surface area contributed by atoms with E-state index in [9.17, 15) is 6.17 Å². The summed E-state index contributed by atoms with van der Waals surface area (Å²) in [6.45, 7) is 3.65. The molecule has 0 aliphatic heterocycles. The molecule has 136 valence electrons. The van der Waals surface area contributed by atoms with E-state index in [2.05, 4.69) is 6.92 Å². The van der Waals surface area contributed by atoms with E-state index in [1.807, 2.05) is 18.2 Å². The summed E-state index contributed by atoms with van der Waals surface area (Å²) in [4.78, 5) is 11.7. The van der Waals surface area contributed by atoms with Crippen molar-refractivity contribution in [1.29, 1.82) is 0 Å². The van der Waals surface area contributed by atoms with Gasteiger partial charge in [0.15, 0.2) is 0 Å². The molecule has 0 radical (unpaired) electrons. The molecule has 1 aromatic carbocycles. The predicted molar refractivity (Wildman–Crippen MR) is 97.8 cm³/mol. The highest BCUT2D eigenvalue weighted by Crippen LogP contribution is 2.63. The van der Waals surface area contributed by atoms with Gasteiger partial charge < -0.3 is 9.47 Å². The molecule has 0 heterocycles. The highest BCUT2D eigenvalue weighted by Gasteiger charge is 2.57. The number of carbonyl (C=O) groups excluding carboxylic acids is 1. The average molecular weight is 346 g/mol. The minimum atomic E-state index is -0.881. The fourth-order valence-electron chi connectivity index (χ4n) is 5.87. The Labute approximate surface area is 153 Å². The monoisotopic (exact) mass is 346 g/mol. The fourth-order valence-corrected chi connectivity index (χ4v) is 5.87. The highest BCUT2D eigenvalue weighted by molar-refractivity contribution is 5.66. The maximum absolute atomic E-state index is 11.7. The summed E-state index contributed by atoms with van der Waals surface area (Å²) < 4.78 is 29.6. The van der Waals surface area contributed by atoms with Gasteiger partial charge in [0.05, 0.1) is 7.11 Å². The third-order valence-corrected chi connectivity index (χ3v) is 7.02. The Morgan fingerprint density at radius 3 is 2.96 bits per heavy atom. The molecule has 6 atom stereocenters. The third-order valence-electron chi connectivity index (χ3n) is 7.02. The summed E-state index contributed by atoms with van der Waals surface area (Å²) in [5.41, 5.74) is 2.04. The largest absolute Gasteiger partial charge is 0.497 e. The Kier molecular flexibility index (Phi) is 3.71. The molecule has 25 heavy (non-hydrogen) atoms. The van der Waals surface area contributed by atoms with Crippen molar-refractivity contribution in [2.75, 3.05) is 7.11 Å². The highest BCUT2D eigenvalue weighted by atomic mass is 16.5. The molecular weight excluding hydrogens is 312 g/mol. The fraction of sp³-hybridized carbons (Fsp3) is 0.682. The van der Waals surface area contributed by atoms with E-state index >= 15 is 0 Å². The Morgan fingerprint density at radius 1 is 1.40 bits per heavy atom. The van der Waals surface area contributed by atoms with Gasteiger partial charge in [-0.15, -0.1) is 0 Å². The Bertz CT molecular complexity index is 751. The second-order valence-electron chi connectivity index (χ2n) is 7.90. The lowest BCUT2D eigenvalue weighted by molar-refractivity contribution is -0.156. The first-order chi connectivity index (χ1) is 12.9. The standard InChI is InChI=1S/C22H30O3/c1-4-22-12-11-18-17-8-6-16(24-3)13-15(17)5-7-19(18)20(22)9-10-21(22)25-14(2)23/h6,8,13,18-21H,4-5,7,9-12H2,1-3H3/t18-,19-,20+,21+,22+/m1/s1/i11T,18T/t11?,18-,19-,20+,21+,22+. The van der Waals surface area contributed by atoms with Crippen LogP contribution in [0.25, 0.3) is 0 Å². The molecule has 3 nitrogen and oxygen atoms in total. The lowest BCUT2D eigenvalue weighted by Gasteiger charge is -2.51. The van der Waals surface area contributed by atoms with Crippen molar-refractivity contribution in [3.05, 3.63) is 29.3 Å². The van der Waals surface area contributed by atoms with Gasteiger partial charge in [-0.3, -0.25) is 4.79 Å². The Balaban J connectivity index is 1.76. The molecule has 1 unspecified atom stereocenters. The SMILES string of the molecule is [3H]C1C[C@]2(CC)[C@@H](OC(C)=O)CC[C@H]2[C@@H]2CCc3cc(OC)ccc3[C@@]12[3H]. The predicted octanol–water partition coefficient (Wildman–Crippen LogP) is 4.87. The first kappa shape index (κ1) is 14.6. The molecule has 1 aromatic rings. The van der Waals surface area contributed by atoms with E-state index in [0.29, 0.717) is 12.3 Å². The van der Waals surface area contributed by atoms with E-state index in [0.717, 1.165) is 49.0 Å². The smallest absolute Gasteiger partial charge is 0.302 e. The number of rotatable bonds is 3. The first-order valence-electron chi connectivity index (χ1n) is 10.7. The van der Waals surface area contributed by atoms with Crippen LogP contribution in [0.3, 0.4) is 0 Å². The normalized spacial score (nSPS) is 43.2. The van der Waals surface area contributed by atoms with Gasteiger partial charge >= 0.3 is 5.97 Å². The second kappa shape index (κ2) is 6.34. The molecule has 0 amide bonds. The summed E-state index contributed by atoms with van der Waals surface area (Å²) >= 11 is 0. The zero-order valence-corrected chi connectivity index (χ0v) is 15.5. The van der Waals surface area contributed by atoms with Crippen LogP contribution in [0, 0.1) is 17.3 Å². The molecule has 3 aliphatic rings. The van der Waals surface area contributed by atoms with Crippen LogP contribution >= 0.6 is 0 Å². The summed E-state index contributed by atoms with van der Waals surface area (Å²) in [7, 11) is 1.67. The summed E-state index contributed by atoms with van der Waals surface area (Å²) in [5.74, 6) is 0.218. The minimum absolute atomic E-state index is 0.0975. The lowest BCUT2D eigenvalue weighted by Crippen LogP contribution is -2.46. The van der Waals surface area contributed by atoms with Crippen molar-refractivity contribution in [2.45, 2.75) is 70.8 Å². The van der Waals surface area contributed by atoms with Gasteiger partial charge in [-0.25, -0.2) is 0 Å². The molecule has 0 N–H and O–H groups in total. The number of esters is 1. The first-order valence-corrected chi connectivity index (χ1v) is 9.63. The van der Waals surface area contributed by atoms with Crippen molar-refractivity contribution in [2.24, 2.45) is 17.3 Å². The van der Waals surface area contributed by atoms with Crippen LogP contribution in [0.1, 0.15) is 72.1 Å². The second-order valence-corrected chi connectivity index (χ2v) is 7.90. The van der Waals surface area contributed by atoms with Crippen LogP contribution in [-0.4, -0.2) is 19.2 Å². The molecule has 0 saturated heterocycles. The topological polar surface area (TPSA) is 35.5 Å². The molecule has 2 fully saturated rings. The van der Waals surface area contributed by atoms with Gasteiger partial charge in [0, 0.05) is 15.1 Å². The van der Waals surface area contributed by atoms with Gasteiger partial charge in [-0.05, 0) is 85.9 Å². The quantitative estimate of drug-likeness (QED) is 0.732. The maximum atomic E-state index is 11.7. The molecule has 3 aliphatic carbocycles. The van der Waals surface area contributed by atoms with Crippen molar-refractivity contribution in [3.8, 4) is 5.75 Å². The number of benzene rings is 1. The van der Waals surface area contributed by atoms with Crippen molar-refractivity contribution in [1.82, 2.24) is 0 Å². The molecule has 3 heteroatoms. The number of aryl methyl sites for hydroxylation is 1. The van der Waals surface area contributed by atoms with Crippen molar-refractivity contribution >= 4 is 5.97 Å². The van der Waals surface area contributed by atoms with Gasteiger partial charge in [0.25, 0.3) is 0 Å². The van der Waals surface area contributed by atoms with E-state index in [4.69, 9.17) is 10.8 Å².